The summed E-state index contributed by atoms with van der Waals surface area (Å²) in [6.45, 7) is 6.09. The molecule has 6 nitrogen and oxygen atoms in total. The summed E-state index contributed by atoms with van der Waals surface area (Å²) in [6, 6.07) is 10.9. The summed E-state index contributed by atoms with van der Waals surface area (Å²) in [5.41, 5.74) is 0.438. The summed E-state index contributed by atoms with van der Waals surface area (Å²) < 4.78 is 45.6. The molecule has 9 heteroatoms. The Morgan fingerprint density at radius 1 is 1.07 bits per heavy atom. The number of carboxylic acids is 1. The Kier molecular flexibility index (Phi) is 7.88. The molecule has 1 aliphatic carbocycles. The normalized spacial score (nSPS) is 25.8. The van der Waals surface area contributed by atoms with Crippen LogP contribution in [0.4, 0.5) is 13.2 Å². The lowest BCUT2D eigenvalue weighted by molar-refractivity contribution is -0.150. The fraction of sp³-hybridized carbons (Fsp3) is 0.548. The van der Waals surface area contributed by atoms with E-state index in [1.54, 1.807) is 17.0 Å². The van der Waals surface area contributed by atoms with E-state index in [9.17, 15) is 27.9 Å². The predicted octanol–water partition coefficient (Wildman–Crippen LogP) is 6.55. The lowest BCUT2D eigenvalue weighted by atomic mass is 9.74. The fourth-order valence-corrected chi connectivity index (χ4v) is 6.93. The van der Waals surface area contributed by atoms with Gasteiger partial charge in [0.2, 0.25) is 5.91 Å². The first kappa shape index (κ1) is 28.5. The van der Waals surface area contributed by atoms with Crippen LogP contribution in [0.5, 0.6) is 5.75 Å². The molecule has 40 heavy (non-hydrogen) atoms. The third-order valence-corrected chi connectivity index (χ3v) is 9.35. The number of amides is 1. The smallest absolute Gasteiger partial charge is 0.416 e. The number of fused-ring (bicyclic) bond motifs is 1. The number of aromatic carboxylic acids is 1. The van der Waals surface area contributed by atoms with Gasteiger partial charge in [0.25, 0.3) is 0 Å². The van der Waals surface area contributed by atoms with E-state index >= 15 is 0 Å². The Morgan fingerprint density at radius 3 is 2.60 bits per heavy atom. The summed E-state index contributed by atoms with van der Waals surface area (Å²) >= 11 is 0. The second-order valence-electron chi connectivity index (χ2n) is 11.9. The van der Waals surface area contributed by atoms with Gasteiger partial charge >= 0.3 is 12.1 Å². The van der Waals surface area contributed by atoms with Crippen molar-refractivity contribution in [2.75, 3.05) is 19.8 Å². The molecule has 1 N–H and O–H groups in total. The van der Waals surface area contributed by atoms with E-state index in [0.717, 1.165) is 62.9 Å². The first-order chi connectivity index (χ1) is 19.0. The molecule has 216 valence electrons. The zero-order valence-corrected chi connectivity index (χ0v) is 23.0. The van der Waals surface area contributed by atoms with Crippen LogP contribution in [0.2, 0.25) is 0 Å². The van der Waals surface area contributed by atoms with Crippen LogP contribution in [0.15, 0.2) is 42.5 Å². The predicted molar refractivity (Wildman–Crippen MR) is 144 cm³/mol. The molecule has 1 amide bonds. The van der Waals surface area contributed by atoms with Crippen LogP contribution < -0.4 is 4.74 Å². The van der Waals surface area contributed by atoms with Gasteiger partial charge in [0.1, 0.15) is 5.75 Å². The van der Waals surface area contributed by atoms with E-state index in [1.807, 2.05) is 12.1 Å². The fourth-order valence-electron chi connectivity index (χ4n) is 6.93. The van der Waals surface area contributed by atoms with Crippen LogP contribution in [0, 0.1) is 11.3 Å². The third kappa shape index (κ3) is 5.57. The number of carbonyl (C=O) groups is 2. The molecule has 2 aromatic rings. The number of rotatable bonds is 5. The van der Waals surface area contributed by atoms with Crippen LogP contribution in [0.1, 0.15) is 85.3 Å². The molecule has 2 aromatic carbocycles. The zero-order chi connectivity index (χ0) is 28.7. The Labute approximate surface area is 233 Å². The lowest BCUT2D eigenvalue weighted by Crippen LogP contribution is -2.49. The Balaban J connectivity index is 1.27. The summed E-state index contributed by atoms with van der Waals surface area (Å²) in [5, 5.41) is 9.38. The van der Waals surface area contributed by atoms with Crippen LogP contribution >= 0.6 is 0 Å². The maximum Gasteiger partial charge on any atom is 0.416 e. The standard InChI is InChI=1S/C31H37F3N2O4/c1-20(2)30(29(39)36-18-24-16-25(31(32,33)34)8-9-27(24)40-19-36)12-10-26(17-30)35-13-4-7-21(11-14-35)22-5-3-6-23(15-22)28(37)38/h3,5-6,8-9,15-16,20-21,26H,4,7,10-14,17-19H2,1-2H3,(H,37,38)/t21?,26-,30+/m1/s1. The highest BCUT2D eigenvalue weighted by atomic mass is 19.4. The highest BCUT2D eigenvalue weighted by molar-refractivity contribution is 5.87. The molecule has 3 atom stereocenters. The highest BCUT2D eigenvalue weighted by Crippen LogP contribution is 2.48. The van der Waals surface area contributed by atoms with Crippen LogP contribution in [-0.2, 0) is 17.5 Å². The monoisotopic (exact) mass is 558 g/mol. The van der Waals surface area contributed by atoms with E-state index in [2.05, 4.69) is 18.7 Å². The average molecular weight is 559 g/mol. The molecule has 2 heterocycles. The van der Waals surface area contributed by atoms with Crippen molar-refractivity contribution >= 4 is 11.9 Å². The van der Waals surface area contributed by atoms with Gasteiger partial charge in [-0.3, -0.25) is 4.79 Å². The van der Waals surface area contributed by atoms with Crippen LogP contribution in [0.3, 0.4) is 0 Å². The van der Waals surface area contributed by atoms with Crippen molar-refractivity contribution in [1.29, 1.82) is 0 Å². The number of nitrogens with zero attached hydrogens (tertiary/aromatic N) is 2. The van der Waals surface area contributed by atoms with Gasteiger partial charge in [-0.25, -0.2) is 4.79 Å². The number of hydrogen-bond donors (Lipinski definition) is 1. The number of ether oxygens (including phenoxy) is 1. The number of carbonyl (C=O) groups excluding carboxylic acids is 1. The molecule has 0 radical (unpaired) electrons. The third-order valence-electron chi connectivity index (χ3n) is 9.35. The molecule has 5 rings (SSSR count). The van der Waals surface area contributed by atoms with Crippen molar-refractivity contribution in [1.82, 2.24) is 9.80 Å². The molecule has 0 aromatic heterocycles. The lowest BCUT2D eigenvalue weighted by Gasteiger charge is -2.40. The summed E-state index contributed by atoms with van der Waals surface area (Å²) in [5.74, 6) is -0.180. The Bertz CT molecular complexity index is 1260. The molecule has 0 bridgehead atoms. The molecule has 1 saturated carbocycles. The van der Waals surface area contributed by atoms with Gasteiger partial charge in [-0.1, -0.05) is 26.0 Å². The van der Waals surface area contributed by atoms with E-state index < -0.39 is 23.1 Å². The van der Waals surface area contributed by atoms with Gasteiger partial charge < -0.3 is 19.6 Å². The number of halogens is 3. The minimum Gasteiger partial charge on any atom is -0.478 e. The number of carboxylic acid groups (broad SMARTS) is 1. The zero-order valence-electron chi connectivity index (χ0n) is 23.0. The van der Waals surface area contributed by atoms with Gasteiger partial charge in [-0.15, -0.1) is 0 Å². The first-order valence-electron chi connectivity index (χ1n) is 14.2. The molecule has 3 aliphatic rings. The Morgan fingerprint density at radius 2 is 1.88 bits per heavy atom. The summed E-state index contributed by atoms with van der Waals surface area (Å²) in [6.07, 6.45) is 0.817. The SMILES string of the molecule is CC(C)[C@]1(C(=O)N2COc3ccc(C(F)(F)F)cc3C2)CC[C@@H](N2CCCC(c3cccc(C(=O)O)c3)CC2)C1. The first-order valence-corrected chi connectivity index (χ1v) is 14.2. The van der Waals surface area contributed by atoms with Crippen molar-refractivity contribution in [3.8, 4) is 5.75 Å². The van der Waals surface area contributed by atoms with Crippen molar-refractivity contribution < 1.29 is 32.6 Å². The van der Waals surface area contributed by atoms with Crippen LogP contribution in [-0.4, -0.2) is 52.6 Å². The molecule has 1 unspecified atom stereocenters. The van der Waals surface area contributed by atoms with Gasteiger partial charge in [-0.05, 0) is 99.3 Å². The second-order valence-corrected chi connectivity index (χ2v) is 11.9. The highest BCUT2D eigenvalue weighted by Gasteiger charge is 2.51. The molecular formula is C31H37F3N2O4. The summed E-state index contributed by atoms with van der Waals surface area (Å²) in [4.78, 5) is 29.5. The molecular weight excluding hydrogens is 521 g/mol. The quantitative estimate of drug-likeness (QED) is 0.451. The molecule has 0 spiro atoms. The van der Waals surface area contributed by atoms with Crippen LogP contribution in [0.25, 0.3) is 0 Å². The maximum absolute atomic E-state index is 14.0. The minimum atomic E-state index is -4.45. The molecule has 1 saturated heterocycles. The minimum absolute atomic E-state index is 0.0359. The van der Waals surface area contributed by atoms with E-state index in [4.69, 9.17) is 4.74 Å². The van der Waals surface area contributed by atoms with E-state index in [1.165, 1.54) is 6.07 Å². The van der Waals surface area contributed by atoms with Crippen molar-refractivity contribution in [2.24, 2.45) is 11.3 Å². The number of likely N-dealkylation sites (tertiary alicyclic amines) is 1. The van der Waals surface area contributed by atoms with Crippen molar-refractivity contribution in [3.05, 3.63) is 64.7 Å². The molecule has 2 fully saturated rings. The van der Waals surface area contributed by atoms with Gasteiger partial charge in [-0.2, -0.15) is 13.2 Å². The van der Waals surface area contributed by atoms with Gasteiger partial charge in [0.05, 0.1) is 23.1 Å². The number of hydrogen-bond acceptors (Lipinski definition) is 4. The largest absolute Gasteiger partial charge is 0.478 e. The van der Waals surface area contributed by atoms with E-state index in [-0.39, 0.29) is 31.1 Å². The maximum atomic E-state index is 14.0. The second kappa shape index (κ2) is 11.1. The van der Waals surface area contributed by atoms with Crippen molar-refractivity contribution in [3.63, 3.8) is 0 Å². The average Bonchev–Trinajstić information content (AvgIpc) is 3.24. The topological polar surface area (TPSA) is 70.1 Å². The van der Waals surface area contributed by atoms with Gasteiger partial charge in [0.15, 0.2) is 6.73 Å². The summed E-state index contributed by atoms with van der Waals surface area (Å²) in [7, 11) is 0. The molecule has 2 aliphatic heterocycles. The Hall–Kier alpha value is -3.07. The number of benzene rings is 2. The number of alkyl halides is 3. The van der Waals surface area contributed by atoms with Gasteiger partial charge in [0, 0.05) is 11.6 Å². The van der Waals surface area contributed by atoms with Crippen molar-refractivity contribution in [2.45, 2.75) is 77.1 Å². The van der Waals surface area contributed by atoms with E-state index in [0.29, 0.717) is 29.2 Å².